The fourth-order valence-electron chi connectivity index (χ4n) is 5.92. The number of fused-ring (bicyclic) bond motifs is 3. The summed E-state index contributed by atoms with van der Waals surface area (Å²) in [5.41, 5.74) is -1.92. The largest absolute Gasteiger partial charge is 0.472 e. The first kappa shape index (κ1) is 29.5. The van der Waals surface area contributed by atoms with Gasteiger partial charge in [-0.3, -0.25) is 4.79 Å². The van der Waals surface area contributed by atoms with Crippen LogP contribution in [0, 0.1) is 5.92 Å². The highest BCUT2D eigenvalue weighted by Crippen LogP contribution is 2.46. The average molecular weight is 641 g/mol. The van der Waals surface area contributed by atoms with Gasteiger partial charge in [-0.15, -0.1) is 0 Å². The first-order chi connectivity index (χ1) is 20.2. The van der Waals surface area contributed by atoms with Crippen molar-refractivity contribution in [3.8, 4) is 5.88 Å². The zero-order chi connectivity index (χ0) is 30.9. The molecule has 0 radical (unpaired) electrons. The van der Waals surface area contributed by atoms with Crippen LogP contribution in [-0.2, 0) is 26.5 Å². The van der Waals surface area contributed by atoms with Crippen molar-refractivity contribution in [3.05, 3.63) is 52.9 Å². The molecule has 0 bridgehead atoms. The van der Waals surface area contributed by atoms with Crippen molar-refractivity contribution in [2.45, 2.75) is 50.7 Å². The van der Waals surface area contributed by atoms with E-state index in [4.69, 9.17) is 20.8 Å². The van der Waals surface area contributed by atoms with Crippen LogP contribution in [0.25, 0.3) is 22.1 Å². The van der Waals surface area contributed by atoms with E-state index in [2.05, 4.69) is 15.0 Å². The summed E-state index contributed by atoms with van der Waals surface area (Å²) in [4.78, 5) is 25.9. The molecule has 4 aromatic rings. The van der Waals surface area contributed by atoms with Crippen molar-refractivity contribution in [1.82, 2.24) is 15.0 Å². The minimum Gasteiger partial charge on any atom is -0.472 e. The zero-order valence-electron chi connectivity index (χ0n) is 22.9. The van der Waals surface area contributed by atoms with E-state index in [0.717, 1.165) is 0 Å². The van der Waals surface area contributed by atoms with Crippen LogP contribution in [0.15, 0.2) is 40.9 Å². The number of alkyl halides is 4. The second-order valence-corrected chi connectivity index (χ2v) is 13.7. The molecule has 1 aromatic carbocycles. The lowest BCUT2D eigenvalue weighted by molar-refractivity contribution is -0.144. The second-order valence-electron chi connectivity index (χ2n) is 11.0. The normalized spacial score (nSPS) is 25.8. The van der Waals surface area contributed by atoms with Crippen LogP contribution >= 0.6 is 11.6 Å². The maximum atomic E-state index is 16.5. The fraction of sp³-hybridized carbons (Fsp3) is 0.429. The van der Waals surface area contributed by atoms with Gasteiger partial charge in [0.25, 0.3) is 0 Å². The summed E-state index contributed by atoms with van der Waals surface area (Å²) in [6.45, 7) is 2.67. The molecule has 0 saturated carbocycles. The van der Waals surface area contributed by atoms with E-state index in [1.165, 1.54) is 31.0 Å². The van der Waals surface area contributed by atoms with Gasteiger partial charge in [-0.25, -0.2) is 27.8 Å². The number of carbonyl (C=O) groups is 1. The van der Waals surface area contributed by atoms with Gasteiger partial charge in [0.05, 0.1) is 34.7 Å². The predicted octanol–water partition coefficient (Wildman–Crippen LogP) is 5.68. The SMILES string of the molecule is CC(=O)[C@@H]1C[C@H](Oc2ncc(Cl)cc2[C@@]2(F)CCS(=O)(=O)C[C@@H]2C)CN1c1nc(C(F)(F)F)nc2c1oc1ccccc12. The summed E-state index contributed by atoms with van der Waals surface area (Å²) in [5, 5.41) is 0.465. The van der Waals surface area contributed by atoms with Gasteiger partial charge in [0, 0.05) is 30.3 Å². The Bertz CT molecular complexity index is 1870. The lowest BCUT2D eigenvalue weighted by atomic mass is 9.83. The number of Topliss-reactive ketones (excluding diaryl/α,β-unsaturated/α-hetero) is 1. The highest BCUT2D eigenvalue weighted by Gasteiger charge is 2.48. The summed E-state index contributed by atoms with van der Waals surface area (Å²) in [7, 11) is -3.43. The Balaban J connectivity index is 1.40. The minimum absolute atomic E-state index is 0.0219. The molecule has 0 spiro atoms. The molecule has 0 unspecified atom stereocenters. The molecule has 15 heteroatoms. The van der Waals surface area contributed by atoms with Crippen LogP contribution in [-0.4, -0.2) is 59.3 Å². The van der Waals surface area contributed by atoms with Crippen molar-refractivity contribution in [1.29, 1.82) is 0 Å². The Morgan fingerprint density at radius 1 is 1.23 bits per heavy atom. The van der Waals surface area contributed by atoms with Gasteiger partial charge in [0.15, 0.2) is 27.0 Å². The Hall–Kier alpha value is -3.52. The first-order valence-electron chi connectivity index (χ1n) is 13.4. The van der Waals surface area contributed by atoms with E-state index >= 15 is 4.39 Å². The Morgan fingerprint density at radius 3 is 2.67 bits per heavy atom. The molecule has 228 valence electrons. The van der Waals surface area contributed by atoms with E-state index in [1.54, 1.807) is 24.3 Å². The highest BCUT2D eigenvalue weighted by molar-refractivity contribution is 7.91. The predicted molar refractivity (Wildman–Crippen MR) is 150 cm³/mol. The summed E-state index contributed by atoms with van der Waals surface area (Å²) in [6, 6.07) is 6.86. The van der Waals surface area contributed by atoms with Crippen molar-refractivity contribution in [2.75, 3.05) is 23.0 Å². The molecule has 2 fully saturated rings. The minimum atomic E-state index is -4.88. The third kappa shape index (κ3) is 5.28. The van der Waals surface area contributed by atoms with Gasteiger partial charge in [0.1, 0.15) is 22.9 Å². The Morgan fingerprint density at radius 2 is 1.98 bits per heavy atom. The van der Waals surface area contributed by atoms with Gasteiger partial charge in [-0.05, 0) is 25.1 Å². The van der Waals surface area contributed by atoms with Crippen LogP contribution in [0.1, 0.15) is 38.1 Å². The van der Waals surface area contributed by atoms with E-state index in [0.29, 0.717) is 11.0 Å². The van der Waals surface area contributed by atoms with Crippen LogP contribution < -0.4 is 9.64 Å². The monoisotopic (exact) mass is 640 g/mol. The Labute approximate surface area is 248 Å². The summed E-state index contributed by atoms with van der Waals surface area (Å²) >= 11 is 6.15. The van der Waals surface area contributed by atoms with E-state index in [9.17, 15) is 26.4 Å². The molecule has 4 atom stereocenters. The number of hydrogen-bond acceptors (Lipinski definition) is 9. The smallest absolute Gasteiger partial charge is 0.451 e. The number of sulfone groups is 1. The Kier molecular flexibility index (Phi) is 7.07. The molecule has 6 rings (SSSR count). The van der Waals surface area contributed by atoms with E-state index in [1.807, 2.05) is 0 Å². The standard InChI is InChI=1S/C28H25ClF4N4O5S/c1-14-13-43(39,40)8-7-27(14,30)19-9-16(29)11-34-25(19)41-17-10-20(15(2)38)37(12-17)24-23-22(35-26(36-24)28(31,32)33)18-5-3-4-6-21(18)42-23/h3-6,9,11,14,17,20H,7-8,10,12-13H2,1-2H3/t14-,17-,20-,27+/m0/s1. The quantitative estimate of drug-likeness (QED) is 0.254. The maximum Gasteiger partial charge on any atom is 0.451 e. The number of carbonyl (C=O) groups excluding carboxylic acids is 1. The van der Waals surface area contributed by atoms with Crippen molar-refractivity contribution in [2.24, 2.45) is 5.92 Å². The first-order valence-corrected chi connectivity index (χ1v) is 15.6. The van der Waals surface area contributed by atoms with Crippen LogP contribution in [0.2, 0.25) is 5.02 Å². The maximum absolute atomic E-state index is 16.5. The number of pyridine rings is 1. The molecule has 3 aromatic heterocycles. The van der Waals surface area contributed by atoms with Crippen LogP contribution in [0.5, 0.6) is 5.88 Å². The third-order valence-corrected chi connectivity index (χ3v) is 10.1. The molecule has 2 saturated heterocycles. The molecule has 0 aliphatic carbocycles. The zero-order valence-corrected chi connectivity index (χ0v) is 24.4. The fourth-order valence-corrected chi connectivity index (χ4v) is 7.88. The number of nitrogens with zero attached hydrogens (tertiary/aromatic N) is 4. The molecular weight excluding hydrogens is 616 g/mol. The van der Waals surface area contributed by atoms with Gasteiger partial charge in [-0.2, -0.15) is 13.2 Å². The number of para-hydroxylation sites is 1. The number of halogens is 5. The van der Waals surface area contributed by atoms with Gasteiger partial charge >= 0.3 is 6.18 Å². The molecule has 9 nitrogen and oxygen atoms in total. The van der Waals surface area contributed by atoms with Crippen molar-refractivity contribution < 1.29 is 39.9 Å². The molecular formula is C28H25ClF4N4O5S. The van der Waals surface area contributed by atoms with Crippen molar-refractivity contribution in [3.63, 3.8) is 0 Å². The number of anilines is 1. The molecule has 0 N–H and O–H groups in total. The van der Waals surface area contributed by atoms with Gasteiger partial charge < -0.3 is 14.1 Å². The van der Waals surface area contributed by atoms with Gasteiger partial charge in [-0.1, -0.05) is 30.7 Å². The molecule has 2 aliphatic rings. The summed E-state index contributed by atoms with van der Waals surface area (Å²) < 4.78 is 94.6. The molecule has 0 amide bonds. The number of benzene rings is 1. The van der Waals surface area contributed by atoms with Crippen LogP contribution in [0.3, 0.4) is 0 Å². The molecule has 5 heterocycles. The van der Waals surface area contributed by atoms with E-state index in [-0.39, 0.29) is 70.1 Å². The number of rotatable bonds is 5. The lowest BCUT2D eigenvalue weighted by Crippen LogP contribution is -2.41. The number of furan rings is 1. The molecule has 43 heavy (non-hydrogen) atoms. The topological polar surface area (TPSA) is 115 Å². The summed E-state index contributed by atoms with van der Waals surface area (Å²) in [6.07, 6.45) is -4.77. The van der Waals surface area contributed by atoms with E-state index < -0.39 is 45.6 Å². The average Bonchev–Trinajstić information content (AvgIpc) is 3.52. The number of hydrogen-bond donors (Lipinski definition) is 0. The second kappa shape index (κ2) is 10.3. The summed E-state index contributed by atoms with van der Waals surface area (Å²) in [5.74, 6) is -3.79. The number of aromatic nitrogens is 3. The lowest BCUT2D eigenvalue weighted by Gasteiger charge is -2.36. The van der Waals surface area contributed by atoms with Crippen LogP contribution in [0.4, 0.5) is 23.4 Å². The molecule has 2 aliphatic heterocycles. The van der Waals surface area contributed by atoms with Gasteiger partial charge in [0.2, 0.25) is 11.7 Å². The number of ether oxygens (including phenoxy) is 1. The highest BCUT2D eigenvalue weighted by atomic mass is 35.5. The number of ketones is 1. The third-order valence-electron chi connectivity index (χ3n) is 8.07. The van der Waals surface area contributed by atoms with Crippen molar-refractivity contribution >= 4 is 55.1 Å².